The molecule has 162 valence electrons. The molecule has 1 aliphatic heterocycles. The van der Waals surface area contributed by atoms with Crippen LogP contribution in [0.5, 0.6) is 17.2 Å². The molecule has 0 aromatic heterocycles. The first-order valence-electron chi connectivity index (χ1n) is 9.76. The van der Waals surface area contributed by atoms with Gasteiger partial charge in [0.15, 0.2) is 29.2 Å². The molecule has 6 nitrogen and oxygen atoms in total. The molecule has 0 bridgehead atoms. The highest BCUT2D eigenvalue weighted by Crippen LogP contribution is 2.33. The van der Waals surface area contributed by atoms with Crippen LogP contribution >= 0.6 is 0 Å². The van der Waals surface area contributed by atoms with Gasteiger partial charge in [-0.1, -0.05) is 0 Å². The molecule has 1 unspecified atom stereocenters. The van der Waals surface area contributed by atoms with Crippen LogP contribution in [-0.2, 0) is 17.8 Å². The Morgan fingerprint density at radius 3 is 2.47 bits per heavy atom. The Morgan fingerprint density at radius 1 is 1.10 bits per heavy atom. The first kappa shape index (κ1) is 21.8. The van der Waals surface area contributed by atoms with Gasteiger partial charge in [-0.2, -0.15) is 0 Å². The number of rotatable bonds is 8. The smallest absolute Gasteiger partial charge is 0.260 e. The van der Waals surface area contributed by atoms with Crippen molar-refractivity contribution in [3.63, 3.8) is 0 Å². The fourth-order valence-corrected chi connectivity index (χ4v) is 3.42. The highest BCUT2D eigenvalue weighted by atomic mass is 19.2. The molecule has 0 aliphatic carbocycles. The molecule has 0 spiro atoms. The van der Waals surface area contributed by atoms with Gasteiger partial charge in [0.05, 0.1) is 14.2 Å². The number of nitrogens with zero attached hydrogens (tertiary/aromatic N) is 1. The van der Waals surface area contributed by atoms with Gasteiger partial charge >= 0.3 is 0 Å². The van der Waals surface area contributed by atoms with E-state index in [-0.39, 0.29) is 11.7 Å². The minimum absolute atomic E-state index is 0.105. The van der Waals surface area contributed by atoms with E-state index >= 15 is 0 Å². The number of halogens is 2. The van der Waals surface area contributed by atoms with Gasteiger partial charge in [-0.15, -0.1) is 0 Å². The Kier molecular flexibility index (Phi) is 7.10. The molecule has 30 heavy (non-hydrogen) atoms. The summed E-state index contributed by atoms with van der Waals surface area (Å²) >= 11 is 0. The quantitative estimate of drug-likeness (QED) is 0.712. The van der Waals surface area contributed by atoms with E-state index in [0.29, 0.717) is 18.8 Å². The third-order valence-electron chi connectivity index (χ3n) is 5.10. The van der Waals surface area contributed by atoms with Gasteiger partial charge in [0.1, 0.15) is 5.75 Å². The Hall–Kier alpha value is -2.87. The zero-order valence-corrected chi connectivity index (χ0v) is 17.3. The maximum atomic E-state index is 13.3. The molecular formula is C22H26F2N2O4. The van der Waals surface area contributed by atoms with Gasteiger partial charge in [0.25, 0.3) is 5.91 Å². The number of fused-ring (bicyclic) bond motifs is 1. The summed E-state index contributed by atoms with van der Waals surface area (Å²) in [5.41, 5.74) is 2.42. The molecule has 8 heteroatoms. The van der Waals surface area contributed by atoms with Gasteiger partial charge in [-0.3, -0.25) is 9.69 Å². The zero-order chi connectivity index (χ0) is 21.7. The summed E-state index contributed by atoms with van der Waals surface area (Å²) in [5, 5.41) is 2.82. The van der Waals surface area contributed by atoms with Gasteiger partial charge < -0.3 is 19.5 Å². The highest BCUT2D eigenvalue weighted by Gasteiger charge is 2.20. The Bertz CT molecular complexity index is 907. The summed E-state index contributed by atoms with van der Waals surface area (Å²) in [6.07, 6.45) is 0.0629. The summed E-state index contributed by atoms with van der Waals surface area (Å²) in [6.45, 7) is 4.32. The summed E-state index contributed by atoms with van der Waals surface area (Å²) in [6, 6.07) is 7.19. The number of amides is 1. The van der Waals surface area contributed by atoms with Crippen molar-refractivity contribution >= 4 is 5.91 Å². The molecule has 3 rings (SSSR count). The predicted molar refractivity (Wildman–Crippen MR) is 108 cm³/mol. The van der Waals surface area contributed by atoms with Crippen molar-refractivity contribution in [2.24, 2.45) is 0 Å². The van der Waals surface area contributed by atoms with Crippen LogP contribution in [0.3, 0.4) is 0 Å². The monoisotopic (exact) mass is 420 g/mol. The third kappa shape index (κ3) is 5.18. The lowest BCUT2D eigenvalue weighted by Crippen LogP contribution is -2.42. The van der Waals surface area contributed by atoms with E-state index in [0.717, 1.165) is 37.4 Å². The average molecular weight is 420 g/mol. The van der Waals surface area contributed by atoms with E-state index in [1.54, 1.807) is 21.1 Å². The normalized spacial score (nSPS) is 14.6. The first-order chi connectivity index (χ1) is 14.4. The van der Waals surface area contributed by atoms with Crippen molar-refractivity contribution in [1.29, 1.82) is 0 Å². The predicted octanol–water partition coefficient (Wildman–Crippen LogP) is 2.92. The van der Waals surface area contributed by atoms with Crippen molar-refractivity contribution < 1.29 is 27.8 Å². The van der Waals surface area contributed by atoms with E-state index < -0.39 is 17.7 Å². The Balaban J connectivity index is 1.48. The van der Waals surface area contributed by atoms with Gasteiger partial charge in [-0.05, 0) is 48.7 Å². The van der Waals surface area contributed by atoms with Crippen LogP contribution in [-0.4, -0.2) is 50.8 Å². The lowest BCUT2D eigenvalue weighted by molar-refractivity contribution is -0.127. The van der Waals surface area contributed by atoms with Gasteiger partial charge in [0.2, 0.25) is 0 Å². The zero-order valence-electron chi connectivity index (χ0n) is 17.3. The number of ether oxygens (including phenoxy) is 3. The van der Waals surface area contributed by atoms with Crippen LogP contribution in [0.4, 0.5) is 8.78 Å². The minimum Gasteiger partial charge on any atom is -0.493 e. The molecule has 2 aromatic carbocycles. The van der Waals surface area contributed by atoms with E-state index in [1.165, 1.54) is 17.2 Å². The number of hydrogen-bond acceptors (Lipinski definition) is 5. The minimum atomic E-state index is -1.01. The van der Waals surface area contributed by atoms with Crippen LogP contribution in [0.2, 0.25) is 0 Å². The van der Waals surface area contributed by atoms with Crippen LogP contribution in [0, 0.1) is 11.6 Å². The molecule has 1 amide bonds. The fourth-order valence-electron chi connectivity index (χ4n) is 3.42. The average Bonchev–Trinajstić information content (AvgIpc) is 2.75. The number of benzene rings is 2. The van der Waals surface area contributed by atoms with Crippen LogP contribution in [0.25, 0.3) is 0 Å². The summed E-state index contributed by atoms with van der Waals surface area (Å²) in [4.78, 5) is 14.5. The summed E-state index contributed by atoms with van der Waals surface area (Å²) in [7, 11) is 3.24. The molecule has 1 atom stereocenters. The summed E-state index contributed by atoms with van der Waals surface area (Å²) in [5.74, 6) is -0.753. The number of carbonyl (C=O) groups is 1. The molecule has 0 saturated carbocycles. The highest BCUT2D eigenvalue weighted by molar-refractivity contribution is 5.80. The second kappa shape index (κ2) is 9.75. The van der Waals surface area contributed by atoms with Gasteiger partial charge in [0, 0.05) is 32.2 Å². The molecule has 1 aliphatic rings. The molecule has 2 aromatic rings. The number of carbonyl (C=O) groups excluding carboxylic acids is 1. The SMILES string of the molecule is COc1cc2c(cc1OC)CN(CCNC(=O)C(C)Oc1ccc(F)c(F)c1)CC2. The van der Waals surface area contributed by atoms with E-state index in [9.17, 15) is 13.6 Å². The molecule has 0 fully saturated rings. The van der Waals surface area contributed by atoms with Gasteiger partial charge in [-0.25, -0.2) is 8.78 Å². The first-order valence-corrected chi connectivity index (χ1v) is 9.76. The Labute approximate surface area is 174 Å². The van der Waals surface area contributed by atoms with E-state index in [2.05, 4.69) is 10.2 Å². The van der Waals surface area contributed by atoms with Crippen LogP contribution in [0.1, 0.15) is 18.1 Å². The van der Waals surface area contributed by atoms with Crippen molar-refractivity contribution in [2.75, 3.05) is 33.9 Å². The number of hydrogen-bond donors (Lipinski definition) is 1. The number of methoxy groups -OCH3 is 2. The summed E-state index contributed by atoms with van der Waals surface area (Å²) < 4.78 is 42.4. The van der Waals surface area contributed by atoms with E-state index in [1.807, 2.05) is 12.1 Å². The molecular weight excluding hydrogens is 394 g/mol. The topological polar surface area (TPSA) is 60.0 Å². The lowest BCUT2D eigenvalue weighted by Gasteiger charge is -2.29. The largest absolute Gasteiger partial charge is 0.493 e. The molecule has 1 N–H and O–H groups in total. The maximum Gasteiger partial charge on any atom is 0.260 e. The standard InChI is InChI=1S/C22H26F2N2O4/c1-14(30-17-4-5-18(23)19(24)12-17)22(27)25-7-9-26-8-6-15-10-20(28-2)21(29-3)11-16(15)13-26/h4-5,10-12,14H,6-9,13H2,1-3H3,(H,25,27). The van der Waals surface area contributed by atoms with Crippen LogP contribution in [0.15, 0.2) is 30.3 Å². The molecule has 1 heterocycles. The maximum absolute atomic E-state index is 13.3. The van der Waals surface area contributed by atoms with Crippen molar-refractivity contribution in [2.45, 2.75) is 26.0 Å². The second-order valence-electron chi connectivity index (χ2n) is 7.13. The molecule has 0 radical (unpaired) electrons. The third-order valence-corrected chi connectivity index (χ3v) is 5.10. The molecule has 0 saturated heterocycles. The number of nitrogens with one attached hydrogen (secondary N) is 1. The van der Waals surface area contributed by atoms with Crippen molar-refractivity contribution in [1.82, 2.24) is 10.2 Å². The van der Waals surface area contributed by atoms with E-state index in [4.69, 9.17) is 14.2 Å². The van der Waals surface area contributed by atoms with Crippen molar-refractivity contribution in [3.8, 4) is 17.2 Å². The second-order valence-corrected chi connectivity index (χ2v) is 7.13. The lowest BCUT2D eigenvalue weighted by atomic mass is 9.99. The Morgan fingerprint density at radius 2 is 1.80 bits per heavy atom. The van der Waals surface area contributed by atoms with Crippen molar-refractivity contribution in [3.05, 3.63) is 53.1 Å². The fraction of sp³-hybridized carbons (Fsp3) is 0.409. The van der Waals surface area contributed by atoms with Crippen LogP contribution < -0.4 is 19.5 Å².